The molecular formula is C20H23ClN4O3. The van der Waals surface area contributed by atoms with E-state index in [4.69, 9.17) is 17.3 Å². The second kappa shape index (κ2) is 7.42. The fraction of sp³-hybridized carbons (Fsp3) is 0.400. The van der Waals surface area contributed by atoms with Crippen molar-refractivity contribution in [2.45, 2.75) is 44.2 Å². The summed E-state index contributed by atoms with van der Waals surface area (Å²) in [6.45, 7) is 2.12. The molecule has 0 saturated heterocycles. The molecule has 7 nitrogen and oxygen atoms in total. The SMILES string of the molecule is Cc1ncnc2c1ccn2[C@H]1C[C@H](C(O)c2ccc(Cl)cc2CN)[C@@H](O)[C@H]1O. The lowest BCUT2D eigenvalue weighted by Crippen LogP contribution is -2.31. The van der Waals surface area contributed by atoms with Crippen LogP contribution in [0.3, 0.4) is 0 Å². The summed E-state index contributed by atoms with van der Waals surface area (Å²) < 4.78 is 1.86. The number of fused-ring (bicyclic) bond motifs is 1. The van der Waals surface area contributed by atoms with Crippen molar-refractivity contribution in [1.82, 2.24) is 14.5 Å². The predicted molar refractivity (Wildman–Crippen MR) is 106 cm³/mol. The lowest BCUT2D eigenvalue weighted by atomic mass is 9.89. The molecule has 3 aromatic rings. The van der Waals surface area contributed by atoms with Gasteiger partial charge in [-0.05, 0) is 42.7 Å². The summed E-state index contributed by atoms with van der Waals surface area (Å²) in [6, 6.07) is 6.63. The van der Waals surface area contributed by atoms with Gasteiger partial charge >= 0.3 is 0 Å². The first kappa shape index (κ1) is 19.3. The predicted octanol–water partition coefficient (Wildman–Crippen LogP) is 1.87. The Morgan fingerprint density at radius 1 is 1.25 bits per heavy atom. The van der Waals surface area contributed by atoms with E-state index in [9.17, 15) is 15.3 Å². The van der Waals surface area contributed by atoms with Crippen LogP contribution in [0.1, 0.15) is 35.4 Å². The highest BCUT2D eigenvalue weighted by Crippen LogP contribution is 2.43. The molecule has 1 unspecified atom stereocenters. The molecule has 1 aliphatic carbocycles. The van der Waals surface area contributed by atoms with Gasteiger partial charge in [0.1, 0.15) is 18.1 Å². The van der Waals surface area contributed by atoms with Crippen LogP contribution in [0.5, 0.6) is 0 Å². The molecule has 1 fully saturated rings. The van der Waals surface area contributed by atoms with Gasteiger partial charge in [0.25, 0.3) is 0 Å². The number of aliphatic hydroxyl groups excluding tert-OH is 3. The van der Waals surface area contributed by atoms with Gasteiger partial charge in [0, 0.05) is 29.1 Å². The molecule has 1 aliphatic rings. The Morgan fingerprint density at radius 2 is 2.04 bits per heavy atom. The molecule has 0 radical (unpaired) electrons. The Kier molecular flexibility index (Phi) is 5.11. The molecule has 2 aromatic heterocycles. The number of aryl methyl sites for hydroxylation is 1. The summed E-state index contributed by atoms with van der Waals surface area (Å²) in [7, 11) is 0. The van der Waals surface area contributed by atoms with Crippen molar-refractivity contribution in [2.24, 2.45) is 11.7 Å². The molecule has 0 amide bonds. The molecule has 28 heavy (non-hydrogen) atoms. The van der Waals surface area contributed by atoms with Crippen LogP contribution in [0, 0.1) is 12.8 Å². The summed E-state index contributed by atoms with van der Waals surface area (Å²) in [5.74, 6) is -0.549. The largest absolute Gasteiger partial charge is 0.390 e. The monoisotopic (exact) mass is 402 g/mol. The van der Waals surface area contributed by atoms with Gasteiger partial charge in [-0.15, -0.1) is 0 Å². The van der Waals surface area contributed by atoms with Crippen LogP contribution in [0.25, 0.3) is 11.0 Å². The second-order valence-electron chi connectivity index (χ2n) is 7.36. The molecule has 4 rings (SSSR count). The minimum atomic E-state index is -1.08. The zero-order valence-electron chi connectivity index (χ0n) is 15.4. The minimum absolute atomic E-state index is 0.222. The summed E-state index contributed by atoms with van der Waals surface area (Å²) in [4.78, 5) is 8.53. The van der Waals surface area contributed by atoms with Gasteiger partial charge in [0.15, 0.2) is 0 Å². The first-order chi connectivity index (χ1) is 13.4. The first-order valence-electron chi connectivity index (χ1n) is 9.23. The van der Waals surface area contributed by atoms with Gasteiger partial charge < -0.3 is 25.6 Å². The van der Waals surface area contributed by atoms with Gasteiger partial charge in [0.2, 0.25) is 0 Å². The third-order valence-electron chi connectivity index (χ3n) is 5.81. The van der Waals surface area contributed by atoms with E-state index in [0.29, 0.717) is 22.7 Å². The Bertz CT molecular complexity index is 1010. The number of aliphatic hydroxyl groups is 3. The van der Waals surface area contributed by atoms with Crippen LogP contribution in [0.4, 0.5) is 0 Å². The van der Waals surface area contributed by atoms with Gasteiger partial charge in [-0.3, -0.25) is 0 Å². The zero-order chi connectivity index (χ0) is 20.0. The van der Waals surface area contributed by atoms with E-state index in [0.717, 1.165) is 16.6 Å². The fourth-order valence-corrected chi connectivity index (χ4v) is 4.46. The minimum Gasteiger partial charge on any atom is -0.390 e. The van der Waals surface area contributed by atoms with E-state index in [1.807, 2.05) is 23.8 Å². The molecule has 0 bridgehead atoms. The maximum Gasteiger partial charge on any atom is 0.143 e. The summed E-state index contributed by atoms with van der Waals surface area (Å²) in [5, 5.41) is 33.8. The van der Waals surface area contributed by atoms with Crippen LogP contribution in [0.15, 0.2) is 36.8 Å². The van der Waals surface area contributed by atoms with Crippen molar-refractivity contribution in [3.05, 3.63) is 58.6 Å². The molecule has 5 atom stereocenters. The smallest absolute Gasteiger partial charge is 0.143 e. The molecule has 0 aliphatic heterocycles. The van der Waals surface area contributed by atoms with Crippen LogP contribution in [-0.2, 0) is 6.54 Å². The highest BCUT2D eigenvalue weighted by atomic mass is 35.5. The van der Waals surface area contributed by atoms with Crippen LogP contribution in [0.2, 0.25) is 5.02 Å². The first-order valence-corrected chi connectivity index (χ1v) is 9.61. The van der Waals surface area contributed by atoms with Gasteiger partial charge in [-0.1, -0.05) is 17.7 Å². The number of nitrogens with two attached hydrogens (primary N) is 1. The quantitative estimate of drug-likeness (QED) is 0.529. The second-order valence-corrected chi connectivity index (χ2v) is 7.80. The van der Waals surface area contributed by atoms with Crippen molar-refractivity contribution in [3.8, 4) is 0 Å². The maximum atomic E-state index is 11.0. The maximum absolute atomic E-state index is 11.0. The number of nitrogens with zero attached hydrogens (tertiary/aromatic N) is 3. The molecular weight excluding hydrogens is 380 g/mol. The Hall–Kier alpha value is -2.03. The van der Waals surface area contributed by atoms with E-state index >= 15 is 0 Å². The van der Waals surface area contributed by atoms with Crippen molar-refractivity contribution in [1.29, 1.82) is 0 Å². The highest BCUT2D eigenvalue weighted by Gasteiger charge is 2.46. The van der Waals surface area contributed by atoms with Crippen molar-refractivity contribution in [2.75, 3.05) is 0 Å². The van der Waals surface area contributed by atoms with Crippen molar-refractivity contribution < 1.29 is 15.3 Å². The number of rotatable bonds is 4. The Labute approximate surface area is 167 Å². The van der Waals surface area contributed by atoms with Crippen LogP contribution in [-0.4, -0.2) is 42.1 Å². The van der Waals surface area contributed by atoms with E-state index in [1.54, 1.807) is 18.2 Å². The van der Waals surface area contributed by atoms with Crippen molar-refractivity contribution in [3.63, 3.8) is 0 Å². The third kappa shape index (κ3) is 3.09. The van der Waals surface area contributed by atoms with E-state index < -0.39 is 30.3 Å². The summed E-state index contributed by atoms with van der Waals surface area (Å²) in [6.07, 6.45) is 0.641. The highest BCUT2D eigenvalue weighted by molar-refractivity contribution is 6.30. The normalized spacial score (nSPS) is 26.1. The Morgan fingerprint density at radius 3 is 2.79 bits per heavy atom. The number of benzene rings is 1. The average molecular weight is 403 g/mol. The van der Waals surface area contributed by atoms with Gasteiger partial charge in [0.05, 0.1) is 23.9 Å². The molecule has 2 heterocycles. The lowest BCUT2D eigenvalue weighted by molar-refractivity contribution is -0.0266. The van der Waals surface area contributed by atoms with Gasteiger partial charge in [-0.2, -0.15) is 0 Å². The molecule has 5 N–H and O–H groups in total. The molecule has 0 spiro atoms. The van der Waals surface area contributed by atoms with E-state index in [1.165, 1.54) is 6.33 Å². The van der Waals surface area contributed by atoms with E-state index in [2.05, 4.69) is 9.97 Å². The Balaban J connectivity index is 1.67. The van der Waals surface area contributed by atoms with Crippen molar-refractivity contribution >= 4 is 22.6 Å². The van der Waals surface area contributed by atoms with Crippen LogP contribution >= 0.6 is 11.6 Å². The number of aromatic nitrogens is 3. The third-order valence-corrected chi connectivity index (χ3v) is 6.05. The zero-order valence-corrected chi connectivity index (χ0v) is 16.2. The topological polar surface area (TPSA) is 117 Å². The average Bonchev–Trinajstić information content (AvgIpc) is 3.24. The molecule has 148 valence electrons. The van der Waals surface area contributed by atoms with Gasteiger partial charge in [-0.25, -0.2) is 9.97 Å². The number of halogens is 1. The van der Waals surface area contributed by atoms with E-state index in [-0.39, 0.29) is 6.54 Å². The number of hydrogen-bond acceptors (Lipinski definition) is 6. The summed E-state index contributed by atoms with van der Waals surface area (Å²) in [5.41, 5.74) is 8.70. The molecule has 1 saturated carbocycles. The summed E-state index contributed by atoms with van der Waals surface area (Å²) >= 11 is 6.03. The lowest BCUT2D eigenvalue weighted by Gasteiger charge is -2.24. The molecule has 8 heteroatoms. The number of hydrogen-bond donors (Lipinski definition) is 4. The fourth-order valence-electron chi connectivity index (χ4n) is 4.27. The molecule has 1 aromatic carbocycles. The standard InChI is InChI=1S/C20H23ClN4O3/c1-10-13-4-5-25(20(13)24-9-23-10)16-7-15(18(27)19(16)28)17(26)14-3-2-12(21)6-11(14)8-22/h2-6,9,15-19,26-28H,7-8,22H2,1H3/t15-,16+,17?,18-,19+/m1/s1. The van der Waals surface area contributed by atoms with Crippen LogP contribution < -0.4 is 5.73 Å².